The van der Waals surface area contributed by atoms with Crippen LogP contribution in [-0.2, 0) is 28.6 Å². The van der Waals surface area contributed by atoms with E-state index in [1.807, 2.05) is 34.6 Å². The molecule has 9 atom stereocenters. The van der Waals surface area contributed by atoms with Crippen molar-refractivity contribution in [3.8, 4) is 0 Å². The minimum absolute atomic E-state index is 0.0704. The van der Waals surface area contributed by atoms with Crippen LogP contribution in [0.4, 0.5) is 0 Å². The van der Waals surface area contributed by atoms with E-state index in [0.717, 1.165) is 0 Å². The SMILES string of the molecule is CC(C(=O)OC12CC3CC(O)(CC(C)(O)C1)C32)C(C)(C)C(C)(C(=O)OCC(=O)OC12CC3CC(O)(CC(O)(C3)C1)C2)C(C)(C)C. The average molecular weight is 635 g/mol. The maximum absolute atomic E-state index is 14.0. The van der Waals surface area contributed by atoms with E-state index in [4.69, 9.17) is 14.2 Å². The molecular weight excluding hydrogens is 580 g/mol. The molecule has 7 fully saturated rings. The maximum atomic E-state index is 14.0. The van der Waals surface area contributed by atoms with Gasteiger partial charge in [0.25, 0.3) is 0 Å². The van der Waals surface area contributed by atoms with Crippen molar-refractivity contribution < 1.29 is 49.0 Å². The zero-order chi connectivity index (χ0) is 33.4. The van der Waals surface area contributed by atoms with E-state index in [1.54, 1.807) is 20.8 Å². The van der Waals surface area contributed by atoms with Gasteiger partial charge in [-0.3, -0.25) is 9.59 Å². The monoisotopic (exact) mass is 634 g/mol. The van der Waals surface area contributed by atoms with Gasteiger partial charge in [-0.1, -0.05) is 41.5 Å². The molecule has 7 saturated carbocycles. The summed E-state index contributed by atoms with van der Waals surface area (Å²) in [5.41, 5.74) is -9.20. The zero-order valence-corrected chi connectivity index (χ0v) is 28.3. The molecule has 0 aromatic heterocycles. The third kappa shape index (κ3) is 4.90. The van der Waals surface area contributed by atoms with Crippen molar-refractivity contribution in [3.05, 3.63) is 0 Å². The summed E-state index contributed by atoms with van der Waals surface area (Å²) >= 11 is 0. The number of aliphatic hydroxyl groups is 4. The molecule has 0 saturated heterocycles. The average Bonchev–Trinajstić information content (AvgIpc) is 2.80. The minimum Gasteiger partial charge on any atom is -0.458 e. The van der Waals surface area contributed by atoms with Gasteiger partial charge < -0.3 is 34.6 Å². The summed E-state index contributed by atoms with van der Waals surface area (Å²) < 4.78 is 17.8. The normalized spacial score (nSPS) is 46.5. The third-order valence-electron chi connectivity index (χ3n) is 13.8. The molecule has 10 heteroatoms. The lowest BCUT2D eigenvalue weighted by molar-refractivity contribution is -0.347. The Balaban J connectivity index is 1.14. The Bertz CT molecular complexity index is 1280. The lowest BCUT2D eigenvalue weighted by Gasteiger charge is -2.73. The van der Waals surface area contributed by atoms with Crippen LogP contribution in [0.15, 0.2) is 0 Å². The molecule has 7 rings (SSSR count). The minimum atomic E-state index is -1.27. The van der Waals surface area contributed by atoms with Gasteiger partial charge in [0, 0.05) is 38.0 Å². The van der Waals surface area contributed by atoms with Crippen molar-refractivity contribution in [2.24, 2.45) is 39.9 Å². The predicted molar refractivity (Wildman–Crippen MR) is 161 cm³/mol. The first-order valence-electron chi connectivity index (χ1n) is 16.8. The predicted octanol–water partition coefficient (Wildman–Crippen LogP) is 3.58. The Morgan fingerprint density at radius 1 is 0.800 bits per heavy atom. The lowest BCUT2D eigenvalue weighted by Crippen LogP contribution is -2.79. The molecule has 7 aliphatic rings. The Kier molecular flexibility index (Phi) is 6.96. The van der Waals surface area contributed by atoms with Crippen LogP contribution in [0.25, 0.3) is 0 Å². The lowest BCUT2D eigenvalue weighted by atomic mass is 9.37. The van der Waals surface area contributed by atoms with Gasteiger partial charge in [-0.2, -0.15) is 0 Å². The molecule has 0 heterocycles. The summed E-state index contributed by atoms with van der Waals surface area (Å²) in [7, 11) is 0. The second kappa shape index (κ2) is 9.44. The molecule has 0 spiro atoms. The molecule has 9 unspecified atom stereocenters. The first-order chi connectivity index (χ1) is 20.3. The van der Waals surface area contributed by atoms with E-state index in [2.05, 4.69) is 0 Å². The van der Waals surface area contributed by atoms with Crippen LogP contribution in [0.3, 0.4) is 0 Å². The van der Waals surface area contributed by atoms with Crippen molar-refractivity contribution >= 4 is 17.9 Å². The van der Waals surface area contributed by atoms with Crippen molar-refractivity contribution in [2.45, 2.75) is 153 Å². The molecule has 10 nitrogen and oxygen atoms in total. The number of rotatable bonds is 8. The van der Waals surface area contributed by atoms with Gasteiger partial charge in [0.1, 0.15) is 11.2 Å². The molecule has 4 bridgehead atoms. The van der Waals surface area contributed by atoms with E-state index in [9.17, 15) is 34.8 Å². The summed E-state index contributed by atoms with van der Waals surface area (Å²) in [4.78, 5) is 41.0. The summed E-state index contributed by atoms with van der Waals surface area (Å²) in [5.74, 6) is -2.48. The smallest absolute Gasteiger partial charge is 0.344 e. The van der Waals surface area contributed by atoms with Crippen LogP contribution in [-0.4, -0.2) is 78.5 Å². The Labute approximate surface area is 266 Å². The molecule has 7 aliphatic carbocycles. The fourth-order valence-corrected chi connectivity index (χ4v) is 11.8. The first-order valence-corrected chi connectivity index (χ1v) is 16.8. The van der Waals surface area contributed by atoms with Crippen LogP contribution in [0.1, 0.15) is 120 Å². The Morgan fingerprint density at radius 3 is 1.93 bits per heavy atom. The fraction of sp³-hybridized carbons (Fsp3) is 0.914. The summed E-state index contributed by atoms with van der Waals surface area (Å²) in [6.07, 6.45) is 4.30. The van der Waals surface area contributed by atoms with E-state index in [0.29, 0.717) is 32.1 Å². The van der Waals surface area contributed by atoms with Crippen LogP contribution < -0.4 is 0 Å². The van der Waals surface area contributed by atoms with Crippen LogP contribution in [0.5, 0.6) is 0 Å². The van der Waals surface area contributed by atoms with Crippen molar-refractivity contribution in [1.29, 1.82) is 0 Å². The number of carbonyl (C=O) groups excluding carboxylic acids is 3. The van der Waals surface area contributed by atoms with E-state index < -0.39 is 80.3 Å². The van der Waals surface area contributed by atoms with Crippen LogP contribution in [0.2, 0.25) is 0 Å². The molecule has 0 aliphatic heterocycles. The molecule has 0 amide bonds. The summed E-state index contributed by atoms with van der Waals surface area (Å²) in [6.45, 7) is 13.9. The molecule has 0 radical (unpaired) electrons. The van der Waals surface area contributed by atoms with Gasteiger partial charge in [0.05, 0.1) is 33.7 Å². The number of carbonyl (C=O) groups is 3. The highest BCUT2D eigenvalue weighted by molar-refractivity contribution is 5.83. The van der Waals surface area contributed by atoms with Crippen molar-refractivity contribution in [2.75, 3.05) is 6.61 Å². The van der Waals surface area contributed by atoms with Crippen LogP contribution >= 0.6 is 0 Å². The molecule has 0 aromatic carbocycles. The van der Waals surface area contributed by atoms with E-state index in [1.165, 1.54) is 0 Å². The highest BCUT2D eigenvalue weighted by atomic mass is 16.6. The van der Waals surface area contributed by atoms with Gasteiger partial charge in [0.15, 0.2) is 6.61 Å². The van der Waals surface area contributed by atoms with Gasteiger partial charge in [0.2, 0.25) is 0 Å². The van der Waals surface area contributed by atoms with Gasteiger partial charge in [-0.15, -0.1) is 0 Å². The largest absolute Gasteiger partial charge is 0.458 e. The number of esters is 3. The zero-order valence-electron chi connectivity index (χ0n) is 28.3. The second-order valence-corrected chi connectivity index (χ2v) is 18.6. The Morgan fingerprint density at radius 2 is 1.40 bits per heavy atom. The molecule has 0 aromatic rings. The molecular formula is C35H54O10. The van der Waals surface area contributed by atoms with Crippen LogP contribution in [0, 0.1) is 39.9 Å². The molecule has 4 N–H and O–H groups in total. The highest BCUT2D eigenvalue weighted by Gasteiger charge is 2.76. The molecule has 254 valence electrons. The standard InChI is InChI=1S/C35H54O10/c1-20(25(37)45-35-13-22-12-34(42,24(22)35)15-29(7,39)16-35)28(5,6)30(8,27(2,3)4)26(38)43-14-23(36)44-33-11-21-9-31(40,18-33)17-32(41,10-21)19-33/h20-22,24,39-42H,9-19H2,1-8H3. The van der Waals surface area contributed by atoms with Gasteiger partial charge in [-0.05, 0) is 68.6 Å². The number of ether oxygens (including phenoxy) is 3. The third-order valence-corrected chi connectivity index (χ3v) is 13.8. The quantitative estimate of drug-likeness (QED) is 0.230. The summed E-state index contributed by atoms with van der Waals surface area (Å²) in [6, 6.07) is 0. The van der Waals surface area contributed by atoms with Crippen molar-refractivity contribution in [1.82, 2.24) is 0 Å². The first kappa shape index (κ1) is 33.2. The Hall–Kier alpha value is -1.75. The fourth-order valence-electron chi connectivity index (χ4n) is 11.8. The topological polar surface area (TPSA) is 160 Å². The second-order valence-electron chi connectivity index (χ2n) is 18.6. The highest BCUT2D eigenvalue weighted by Crippen LogP contribution is 2.71. The van der Waals surface area contributed by atoms with E-state index in [-0.39, 0.29) is 49.9 Å². The van der Waals surface area contributed by atoms with Crippen molar-refractivity contribution in [3.63, 3.8) is 0 Å². The van der Waals surface area contributed by atoms with Gasteiger partial charge >= 0.3 is 17.9 Å². The number of hydrogen-bond acceptors (Lipinski definition) is 10. The maximum Gasteiger partial charge on any atom is 0.344 e. The van der Waals surface area contributed by atoms with E-state index >= 15 is 0 Å². The molecule has 45 heavy (non-hydrogen) atoms. The van der Waals surface area contributed by atoms with Gasteiger partial charge in [-0.25, -0.2) is 4.79 Å². The summed E-state index contributed by atoms with van der Waals surface area (Å²) in [5, 5.41) is 44.2. The number of hydrogen-bond donors (Lipinski definition) is 4.